The molecule has 1 aliphatic rings. The van der Waals surface area contributed by atoms with E-state index in [2.05, 4.69) is 51.9 Å². The van der Waals surface area contributed by atoms with Crippen LogP contribution in [0.1, 0.15) is 38.7 Å². The normalized spacial score (nSPS) is 15.5. The van der Waals surface area contributed by atoms with Crippen LogP contribution in [0.5, 0.6) is 5.88 Å². The van der Waals surface area contributed by atoms with Gasteiger partial charge in [-0.1, -0.05) is 13.0 Å². The maximum atomic E-state index is 5.75. The number of anilines is 1. The monoisotopic (exact) mass is 401 g/mol. The Labute approximate surface area is 172 Å². The summed E-state index contributed by atoms with van der Waals surface area (Å²) >= 11 is 1.82. The van der Waals surface area contributed by atoms with Gasteiger partial charge in [0.15, 0.2) is 5.96 Å². The van der Waals surface area contributed by atoms with E-state index in [0.29, 0.717) is 25.1 Å². The number of aliphatic imine (C=N–C) groups is 1. The van der Waals surface area contributed by atoms with Gasteiger partial charge < -0.3 is 20.3 Å². The molecule has 0 aliphatic carbocycles. The second kappa shape index (κ2) is 10.9. The van der Waals surface area contributed by atoms with Crippen LogP contribution in [0.3, 0.4) is 0 Å². The van der Waals surface area contributed by atoms with Crippen molar-refractivity contribution in [3.8, 4) is 5.88 Å². The minimum Gasteiger partial charge on any atom is -0.477 e. The first-order chi connectivity index (χ1) is 13.8. The van der Waals surface area contributed by atoms with Gasteiger partial charge in [0.25, 0.3) is 0 Å². The van der Waals surface area contributed by atoms with E-state index >= 15 is 0 Å². The van der Waals surface area contributed by atoms with Crippen molar-refractivity contribution in [1.29, 1.82) is 0 Å². The maximum Gasteiger partial charge on any atom is 0.218 e. The molecular formula is C21H31N5OS. The van der Waals surface area contributed by atoms with E-state index in [4.69, 9.17) is 9.73 Å². The molecule has 0 bridgehead atoms. The summed E-state index contributed by atoms with van der Waals surface area (Å²) in [4.78, 5) is 11.6. The summed E-state index contributed by atoms with van der Waals surface area (Å²) in [7, 11) is 0. The standard InChI is InChI=1S/C21H31N5OS/c1-3-14-27-20-17(7-5-11-23-20)16-24-21(22-4-2)25-18-9-12-26(13-10-18)19-8-6-15-28-19/h5-8,11,15,18H,3-4,9-10,12-14,16H2,1-2H3,(H2,22,24,25). The predicted octanol–water partition coefficient (Wildman–Crippen LogP) is 3.66. The topological polar surface area (TPSA) is 61.8 Å². The van der Waals surface area contributed by atoms with Gasteiger partial charge in [0.05, 0.1) is 18.2 Å². The maximum absolute atomic E-state index is 5.75. The van der Waals surface area contributed by atoms with Crippen molar-refractivity contribution in [2.24, 2.45) is 4.99 Å². The van der Waals surface area contributed by atoms with Crippen molar-refractivity contribution >= 4 is 22.3 Å². The second-order valence-corrected chi connectivity index (χ2v) is 7.79. The fraction of sp³-hybridized carbons (Fsp3) is 0.524. The summed E-state index contributed by atoms with van der Waals surface area (Å²) in [5.74, 6) is 1.55. The van der Waals surface area contributed by atoms with E-state index in [0.717, 1.165) is 50.4 Å². The molecular weight excluding hydrogens is 370 g/mol. The van der Waals surface area contributed by atoms with Gasteiger partial charge >= 0.3 is 0 Å². The minimum absolute atomic E-state index is 0.443. The third-order valence-electron chi connectivity index (χ3n) is 4.70. The molecule has 0 atom stereocenters. The van der Waals surface area contributed by atoms with Crippen LogP contribution in [0.15, 0.2) is 40.8 Å². The van der Waals surface area contributed by atoms with E-state index in [1.54, 1.807) is 6.20 Å². The molecule has 2 N–H and O–H groups in total. The number of ether oxygens (including phenoxy) is 1. The Kier molecular flexibility index (Phi) is 7.96. The van der Waals surface area contributed by atoms with Crippen LogP contribution in [0.2, 0.25) is 0 Å². The first-order valence-electron chi connectivity index (χ1n) is 10.2. The van der Waals surface area contributed by atoms with Gasteiger partial charge in [-0.05, 0) is 49.8 Å². The quantitative estimate of drug-likeness (QED) is 0.522. The first kappa shape index (κ1) is 20.5. The first-order valence-corrected chi connectivity index (χ1v) is 11.1. The summed E-state index contributed by atoms with van der Waals surface area (Å²) in [6.45, 7) is 8.41. The average molecular weight is 402 g/mol. The molecule has 1 fully saturated rings. The highest BCUT2D eigenvalue weighted by Crippen LogP contribution is 2.24. The van der Waals surface area contributed by atoms with E-state index in [9.17, 15) is 0 Å². The Morgan fingerprint density at radius 3 is 2.86 bits per heavy atom. The SMILES string of the molecule is CCCOc1ncccc1CN=C(NCC)NC1CCN(c2cccs2)CC1. The molecule has 7 heteroatoms. The zero-order chi connectivity index (χ0) is 19.6. The highest BCUT2D eigenvalue weighted by molar-refractivity contribution is 7.14. The Morgan fingerprint density at radius 1 is 1.29 bits per heavy atom. The smallest absolute Gasteiger partial charge is 0.218 e. The highest BCUT2D eigenvalue weighted by atomic mass is 32.1. The Morgan fingerprint density at radius 2 is 2.14 bits per heavy atom. The highest BCUT2D eigenvalue weighted by Gasteiger charge is 2.20. The molecule has 28 heavy (non-hydrogen) atoms. The largest absolute Gasteiger partial charge is 0.477 e. The van der Waals surface area contributed by atoms with Gasteiger partial charge in [-0.15, -0.1) is 11.3 Å². The number of guanidine groups is 1. The number of piperidine rings is 1. The molecule has 0 spiro atoms. The van der Waals surface area contributed by atoms with Crippen molar-refractivity contribution in [1.82, 2.24) is 15.6 Å². The fourth-order valence-electron chi connectivity index (χ4n) is 3.24. The van der Waals surface area contributed by atoms with Crippen LogP contribution in [0, 0.1) is 0 Å². The zero-order valence-electron chi connectivity index (χ0n) is 16.9. The summed E-state index contributed by atoms with van der Waals surface area (Å²) in [5, 5.41) is 10.5. The molecule has 1 aliphatic heterocycles. The van der Waals surface area contributed by atoms with E-state index in [1.807, 2.05) is 23.5 Å². The third-order valence-corrected chi connectivity index (χ3v) is 5.63. The van der Waals surface area contributed by atoms with Gasteiger partial charge in [-0.2, -0.15) is 0 Å². The number of pyridine rings is 1. The molecule has 0 unspecified atom stereocenters. The van der Waals surface area contributed by atoms with Crippen LogP contribution in [0.25, 0.3) is 0 Å². The van der Waals surface area contributed by atoms with Gasteiger partial charge in [-0.3, -0.25) is 0 Å². The van der Waals surface area contributed by atoms with Crippen molar-refractivity contribution in [3.05, 3.63) is 41.4 Å². The summed E-state index contributed by atoms with van der Waals surface area (Å²) in [6.07, 6.45) is 4.96. The zero-order valence-corrected chi connectivity index (χ0v) is 17.7. The molecule has 2 aromatic rings. The van der Waals surface area contributed by atoms with Crippen molar-refractivity contribution in [3.63, 3.8) is 0 Å². The molecule has 3 heterocycles. The molecule has 0 aromatic carbocycles. The molecule has 0 radical (unpaired) electrons. The molecule has 2 aromatic heterocycles. The number of nitrogens with zero attached hydrogens (tertiary/aromatic N) is 3. The molecule has 3 rings (SSSR count). The Hall–Kier alpha value is -2.28. The molecule has 1 saturated heterocycles. The third kappa shape index (κ3) is 5.86. The van der Waals surface area contributed by atoms with Gasteiger partial charge in [0.2, 0.25) is 5.88 Å². The van der Waals surface area contributed by atoms with Crippen LogP contribution >= 0.6 is 11.3 Å². The number of aromatic nitrogens is 1. The van der Waals surface area contributed by atoms with Crippen LogP contribution in [-0.2, 0) is 6.54 Å². The lowest BCUT2D eigenvalue weighted by Crippen LogP contribution is -2.48. The molecule has 6 nitrogen and oxygen atoms in total. The van der Waals surface area contributed by atoms with E-state index < -0.39 is 0 Å². The van der Waals surface area contributed by atoms with E-state index in [1.165, 1.54) is 5.00 Å². The summed E-state index contributed by atoms with van der Waals surface area (Å²) < 4.78 is 5.75. The van der Waals surface area contributed by atoms with Gasteiger partial charge in [0, 0.05) is 37.4 Å². The number of hydrogen-bond donors (Lipinski definition) is 2. The van der Waals surface area contributed by atoms with Crippen LogP contribution in [-0.4, -0.2) is 43.2 Å². The van der Waals surface area contributed by atoms with Crippen molar-refractivity contribution < 1.29 is 4.74 Å². The number of rotatable bonds is 8. The molecule has 152 valence electrons. The number of nitrogens with one attached hydrogen (secondary N) is 2. The van der Waals surface area contributed by atoms with Gasteiger partial charge in [-0.25, -0.2) is 9.98 Å². The Bertz CT molecular complexity index is 726. The number of hydrogen-bond acceptors (Lipinski definition) is 5. The lowest BCUT2D eigenvalue weighted by Gasteiger charge is -2.33. The predicted molar refractivity (Wildman–Crippen MR) is 118 cm³/mol. The van der Waals surface area contributed by atoms with E-state index in [-0.39, 0.29) is 0 Å². The Balaban J connectivity index is 1.56. The second-order valence-electron chi connectivity index (χ2n) is 6.87. The van der Waals surface area contributed by atoms with Gasteiger partial charge in [0.1, 0.15) is 0 Å². The minimum atomic E-state index is 0.443. The van der Waals surface area contributed by atoms with Crippen LogP contribution in [0.4, 0.5) is 5.00 Å². The number of thiophene rings is 1. The lowest BCUT2D eigenvalue weighted by molar-refractivity contribution is 0.302. The fourth-order valence-corrected chi connectivity index (χ4v) is 4.03. The summed E-state index contributed by atoms with van der Waals surface area (Å²) in [6, 6.07) is 8.74. The van der Waals surface area contributed by atoms with Crippen molar-refractivity contribution in [2.75, 3.05) is 31.1 Å². The molecule has 0 amide bonds. The summed E-state index contributed by atoms with van der Waals surface area (Å²) in [5.41, 5.74) is 1.01. The van der Waals surface area contributed by atoms with Crippen LogP contribution < -0.4 is 20.3 Å². The van der Waals surface area contributed by atoms with Crippen molar-refractivity contribution in [2.45, 2.75) is 45.7 Å². The molecule has 0 saturated carbocycles. The average Bonchev–Trinajstić information content (AvgIpc) is 3.27. The lowest BCUT2D eigenvalue weighted by atomic mass is 10.1.